The second-order valence-electron chi connectivity index (χ2n) is 8.45. The Hall–Kier alpha value is -3.98. The molecule has 184 valence electrons. The smallest absolute Gasteiger partial charge is 0.231 e. The van der Waals surface area contributed by atoms with Gasteiger partial charge in [-0.25, -0.2) is 9.37 Å². The Morgan fingerprint density at radius 1 is 1.03 bits per heavy atom. The van der Waals surface area contributed by atoms with Crippen molar-refractivity contribution in [2.24, 2.45) is 5.92 Å². The van der Waals surface area contributed by atoms with Crippen molar-refractivity contribution in [3.05, 3.63) is 78.1 Å². The molecule has 1 aliphatic heterocycles. The van der Waals surface area contributed by atoms with E-state index < -0.39 is 12.0 Å². The molecular weight excluding hydrogens is 481 g/mol. The van der Waals surface area contributed by atoms with Gasteiger partial charge in [0.15, 0.2) is 5.13 Å². The van der Waals surface area contributed by atoms with Crippen molar-refractivity contribution in [3.63, 3.8) is 0 Å². The Labute approximate surface area is 211 Å². The largest absolute Gasteiger partial charge is 0.497 e. The second-order valence-corrected chi connectivity index (χ2v) is 9.48. The van der Waals surface area contributed by atoms with E-state index in [9.17, 15) is 14.0 Å². The molecule has 0 bridgehead atoms. The molecular formula is C27H24FN3O4S. The number of piperidine rings is 1. The minimum atomic E-state index is -0.616. The topological polar surface area (TPSA) is 80.8 Å². The Morgan fingerprint density at radius 3 is 2.42 bits per heavy atom. The minimum Gasteiger partial charge on any atom is -0.497 e. The van der Waals surface area contributed by atoms with Crippen molar-refractivity contribution in [2.45, 2.75) is 18.9 Å². The van der Waals surface area contributed by atoms with E-state index in [1.165, 1.54) is 23.5 Å². The van der Waals surface area contributed by atoms with Gasteiger partial charge in [0.05, 0.1) is 36.4 Å². The second kappa shape index (κ2) is 9.94. The molecule has 36 heavy (non-hydrogen) atoms. The number of carbonyl (C=O) groups excluding carboxylic acids is 2. The fourth-order valence-electron chi connectivity index (χ4n) is 4.54. The number of fused-ring (bicyclic) bond motifs is 1. The molecule has 4 aromatic rings. The van der Waals surface area contributed by atoms with Gasteiger partial charge in [0, 0.05) is 12.1 Å². The van der Waals surface area contributed by atoms with Crippen LogP contribution in [0, 0.1) is 11.7 Å². The Kier molecular flexibility index (Phi) is 6.56. The molecule has 0 saturated carbocycles. The van der Waals surface area contributed by atoms with Crippen LogP contribution in [0.1, 0.15) is 24.4 Å². The summed E-state index contributed by atoms with van der Waals surface area (Å²) < 4.78 is 25.2. The number of rotatable bonds is 6. The van der Waals surface area contributed by atoms with Gasteiger partial charge in [-0.15, -0.1) is 0 Å². The third kappa shape index (κ3) is 4.61. The van der Waals surface area contributed by atoms with E-state index in [0.29, 0.717) is 34.3 Å². The third-order valence-electron chi connectivity index (χ3n) is 6.32. The van der Waals surface area contributed by atoms with Crippen LogP contribution in [0.5, 0.6) is 11.5 Å². The van der Waals surface area contributed by atoms with Gasteiger partial charge in [-0.3, -0.25) is 9.59 Å². The summed E-state index contributed by atoms with van der Waals surface area (Å²) in [5, 5.41) is 3.42. The molecule has 9 heteroatoms. The lowest BCUT2D eigenvalue weighted by Crippen LogP contribution is -2.47. The minimum absolute atomic E-state index is 0.106. The number of hydrogen-bond acceptors (Lipinski definition) is 6. The third-order valence-corrected chi connectivity index (χ3v) is 7.26. The molecule has 2 heterocycles. The van der Waals surface area contributed by atoms with E-state index >= 15 is 0 Å². The number of halogens is 1. The number of hydrogen-bond donors (Lipinski definition) is 1. The summed E-state index contributed by atoms with van der Waals surface area (Å²) in [6, 6.07) is 18.0. The average molecular weight is 506 g/mol. The first-order chi connectivity index (χ1) is 17.5. The summed E-state index contributed by atoms with van der Waals surface area (Å²) >= 11 is 1.35. The highest BCUT2D eigenvalue weighted by atomic mass is 32.1. The summed E-state index contributed by atoms with van der Waals surface area (Å²) in [6.07, 6.45) is 0.566. The summed E-state index contributed by atoms with van der Waals surface area (Å²) in [5.74, 6) is 0.0520. The lowest BCUT2D eigenvalue weighted by Gasteiger charge is -2.40. The van der Waals surface area contributed by atoms with Gasteiger partial charge in [-0.2, -0.15) is 0 Å². The number of anilines is 2. The predicted octanol–water partition coefficient (Wildman–Crippen LogP) is 5.58. The van der Waals surface area contributed by atoms with Gasteiger partial charge in [0.1, 0.15) is 17.3 Å². The molecule has 1 fully saturated rings. The van der Waals surface area contributed by atoms with E-state index in [1.807, 2.05) is 18.2 Å². The molecule has 1 aromatic heterocycles. The van der Waals surface area contributed by atoms with Crippen molar-refractivity contribution >= 4 is 44.2 Å². The number of aromatic nitrogens is 1. The van der Waals surface area contributed by atoms with Crippen LogP contribution in [-0.2, 0) is 9.59 Å². The molecule has 1 saturated heterocycles. The lowest BCUT2D eigenvalue weighted by atomic mass is 9.83. The van der Waals surface area contributed by atoms with Gasteiger partial charge in [0.25, 0.3) is 0 Å². The summed E-state index contributed by atoms with van der Waals surface area (Å²) in [6.45, 7) is 0. The van der Waals surface area contributed by atoms with Gasteiger partial charge < -0.3 is 19.7 Å². The fourth-order valence-corrected chi connectivity index (χ4v) is 5.44. The van der Waals surface area contributed by atoms with Gasteiger partial charge in [-0.05, 0) is 66.6 Å². The molecule has 1 N–H and O–H groups in total. The number of nitrogens with one attached hydrogen (secondary N) is 1. The SMILES string of the molecule is COc1ccc(N2C(=O)CC[C@H](C(=O)Nc3nc4ccc(OC)cc4s3)[C@H]2c2ccc(F)cc2)cc1. The van der Waals surface area contributed by atoms with Gasteiger partial charge in [-0.1, -0.05) is 23.5 Å². The van der Waals surface area contributed by atoms with E-state index in [4.69, 9.17) is 9.47 Å². The Morgan fingerprint density at radius 2 is 1.72 bits per heavy atom. The van der Waals surface area contributed by atoms with Crippen LogP contribution in [0.25, 0.3) is 10.2 Å². The number of carbonyl (C=O) groups is 2. The quantitative estimate of drug-likeness (QED) is 0.370. The molecule has 5 rings (SSSR count). The highest BCUT2D eigenvalue weighted by molar-refractivity contribution is 7.22. The number of ether oxygens (including phenoxy) is 2. The standard InChI is InChI=1S/C27H24FN3O4S/c1-34-19-9-7-18(8-10-19)31-24(32)14-12-21(25(31)16-3-5-17(28)6-4-16)26(33)30-27-29-22-13-11-20(35-2)15-23(22)36-27/h3-11,13,15,21,25H,12,14H2,1-2H3,(H,29,30,33)/t21-,25+/m0/s1. The van der Waals surface area contributed by atoms with Crippen molar-refractivity contribution in [2.75, 3.05) is 24.4 Å². The first-order valence-corrected chi connectivity index (χ1v) is 12.3. The average Bonchev–Trinajstić information content (AvgIpc) is 3.30. The number of amides is 2. The van der Waals surface area contributed by atoms with Crippen LogP contribution in [0.3, 0.4) is 0 Å². The van der Waals surface area contributed by atoms with Crippen LogP contribution in [0.15, 0.2) is 66.7 Å². The lowest BCUT2D eigenvalue weighted by molar-refractivity contribution is -0.125. The molecule has 0 unspecified atom stereocenters. The fraction of sp³-hybridized carbons (Fsp3) is 0.222. The van der Waals surface area contributed by atoms with Crippen molar-refractivity contribution < 1.29 is 23.5 Å². The monoisotopic (exact) mass is 505 g/mol. The molecule has 7 nitrogen and oxygen atoms in total. The Balaban J connectivity index is 1.49. The molecule has 0 radical (unpaired) electrons. The van der Waals surface area contributed by atoms with Crippen LogP contribution in [-0.4, -0.2) is 31.0 Å². The number of thiazole rings is 1. The molecule has 1 aliphatic rings. The molecule has 0 spiro atoms. The summed E-state index contributed by atoms with van der Waals surface area (Å²) in [4.78, 5) is 32.9. The highest BCUT2D eigenvalue weighted by Gasteiger charge is 2.41. The summed E-state index contributed by atoms with van der Waals surface area (Å²) in [5.41, 5.74) is 2.07. The maximum absolute atomic E-state index is 13.7. The molecule has 3 aromatic carbocycles. The Bertz CT molecular complexity index is 1410. The van der Waals surface area contributed by atoms with Crippen LogP contribution < -0.4 is 19.7 Å². The van der Waals surface area contributed by atoms with Gasteiger partial charge in [0.2, 0.25) is 11.8 Å². The van der Waals surface area contributed by atoms with E-state index in [2.05, 4.69) is 10.3 Å². The predicted molar refractivity (Wildman–Crippen MR) is 137 cm³/mol. The van der Waals surface area contributed by atoms with E-state index in [-0.39, 0.29) is 24.1 Å². The first-order valence-electron chi connectivity index (χ1n) is 11.4. The highest BCUT2D eigenvalue weighted by Crippen LogP contribution is 2.41. The molecule has 2 atom stereocenters. The zero-order valence-corrected chi connectivity index (χ0v) is 20.5. The first kappa shape index (κ1) is 23.7. The molecule has 2 amide bonds. The normalized spacial score (nSPS) is 17.8. The van der Waals surface area contributed by atoms with Crippen LogP contribution in [0.2, 0.25) is 0 Å². The summed E-state index contributed by atoms with van der Waals surface area (Å²) in [7, 11) is 3.17. The number of benzene rings is 3. The molecule has 0 aliphatic carbocycles. The number of methoxy groups -OCH3 is 2. The number of nitrogens with zero attached hydrogens (tertiary/aromatic N) is 2. The maximum Gasteiger partial charge on any atom is 0.231 e. The van der Waals surface area contributed by atoms with E-state index in [0.717, 1.165) is 10.2 Å². The zero-order chi connectivity index (χ0) is 25.2. The van der Waals surface area contributed by atoms with E-state index in [1.54, 1.807) is 55.5 Å². The zero-order valence-electron chi connectivity index (χ0n) is 19.7. The maximum atomic E-state index is 13.7. The van der Waals surface area contributed by atoms with Crippen molar-refractivity contribution in [1.29, 1.82) is 0 Å². The van der Waals surface area contributed by atoms with Crippen LogP contribution >= 0.6 is 11.3 Å². The van der Waals surface area contributed by atoms with Crippen molar-refractivity contribution in [1.82, 2.24) is 4.98 Å². The van der Waals surface area contributed by atoms with Crippen LogP contribution in [0.4, 0.5) is 15.2 Å². The van der Waals surface area contributed by atoms with Gasteiger partial charge >= 0.3 is 0 Å². The van der Waals surface area contributed by atoms with Crippen molar-refractivity contribution in [3.8, 4) is 11.5 Å².